The van der Waals surface area contributed by atoms with Crippen LogP contribution in [0.5, 0.6) is 0 Å². The van der Waals surface area contributed by atoms with Crippen LogP contribution in [0.1, 0.15) is 0 Å². The summed E-state index contributed by atoms with van der Waals surface area (Å²) in [6.45, 7) is 0.891. The van der Waals surface area contributed by atoms with Gasteiger partial charge in [0, 0.05) is 24.4 Å². The van der Waals surface area contributed by atoms with Crippen LogP contribution in [0.25, 0.3) is 0 Å². The van der Waals surface area contributed by atoms with Gasteiger partial charge in [-0.3, -0.25) is 10.1 Å². The lowest BCUT2D eigenvalue weighted by Crippen LogP contribution is -2.50. The van der Waals surface area contributed by atoms with E-state index in [1.807, 2.05) is 0 Å². The molecule has 1 heterocycles. The van der Waals surface area contributed by atoms with Gasteiger partial charge in [-0.25, -0.2) is 4.79 Å². The summed E-state index contributed by atoms with van der Waals surface area (Å²) in [6, 6.07) is 5.15. The summed E-state index contributed by atoms with van der Waals surface area (Å²) in [5.41, 5.74) is 0.475. The number of carboxylic acids is 1. The number of hydrogen-bond acceptors (Lipinski definition) is 5. The largest absolute Gasteiger partial charge is 0.480 e. The van der Waals surface area contributed by atoms with Crippen molar-refractivity contribution in [3.05, 3.63) is 34.4 Å². The van der Waals surface area contributed by atoms with Crippen molar-refractivity contribution >= 4 is 17.3 Å². The Bertz CT molecular complexity index is 476. The number of hydrogen-bond donors (Lipinski definition) is 1. The zero-order valence-corrected chi connectivity index (χ0v) is 9.48. The molecule has 1 aliphatic heterocycles. The lowest BCUT2D eigenvalue weighted by molar-refractivity contribution is -0.384. The summed E-state index contributed by atoms with van der Waals surface area (Å²) >= 11 is 0. The van der Waals surface area contributed by atoms with Crippen molar-refractivity contribution in [2.45, 2.75) is 6.04 Å². The molecule has 1 saturated heterocycles. The van der Waals surface area contributed by atoms with E-state index < -0.39 is 16.9 Å². The Kier molecular flexibility index (Phi) is 3.42. The summed E-state index contributed by atoms with van der Waals surface area (Å²) in [6.07, 6.45) is 0. The van der Waals surface area contributed by atoms with Crippen LogP contribution in [0, 0.1) is 10.1 Å². The van der Waals surface area contributed by atoms with Crippen LogP contribution < -0.4 is 4.90 Å². The molecular formula is C11H12N2O5. The van der Waals surface area contributed by atoms with Crippen LogP contribution in [0.2, 0.25) is 0 Å². The number of nitro groups is 1. The first-order valence-corrected chi connectivity index (χ1v) is 5.41. The first kappa shape index (κ1) is 12.3. The molecule has 96 valence electrons. The van der Waals surface area contributed by atoms with Gasteiger partial charge in [-0.05, 0) is 6.07 Å². The fourth-order valence-corrected chi connectivity index (χ4v) is 1.90. The molecule has 1 aromatic carbocycles. The zero-order chi connectivity index (χ0) is 13.1. The topological polar surface area (TPSA) is 92.9 Å². The summed E-state index contributed by atoms with van der Waals surface area (Å²) in [7, 11) is 0. The lowest BCUT2D eigenvalue weighted by atomic mass is 10.2. The second kappa shape index (κ2) is 5.01. The van der Waals surface area contributed by atoms with Gasteiger partial charge >= 0.3 is 5.97 Å². The van der Waals surface area contributed by atoms with Crippen molar-refractivity contribution < 1.29 is 19.6 Å². The van der Waals surface area contributed by atoms with Crippen molar-refractivity contribution in [1.29, 1.82) is 0 Å². The molecule has 1 atom stereocenters. The molecule has 1 N–H and O–H groups in total. The molecule has 1 fully saturated rings. The second-order valence-corrected chi connectivity index (χ2v) is 3.90. The number of aliphatic carboxylic acids is 1. The molecular weight excluding hydrogens is 240 g/mol. The highest BCUT2D eigenvalue weighted by Crippen LogP contribution is 2.24. The number of non-ortho nitro benzene ring substituents is 1. The van der Waals surface area contributed by atoms with E-state index in [2.05, 4.69) is 0 Å². The van der Waals surface area contributed by atoms with Gasteiger partial charge in [0.2, 0.25) is 0 Å². The molecule has 0 saturated carbocycles. The van der Waals surface area contributed by atoms with Crippen molar-refractivity contribution in [1.82, 2.24) is 0 Å². The Morgan fingerprint density at radius 1 is 1.56 bits per heavy atom. The minimum absolute atomic E-state index is 0.0527. The molecule has 1 unspecified atom stereocenters. The van der Waals surface area contributed by atoms with Gasteiger partial charge in [0.05, 0.1) is 18.1 Å². The molecule has 0 aliphatic carbocycles. The van der Waals surface area contributed by atoms with Crippen LogP contribution in [-0.4, -0.2) is 41.8 Å². The van der Waals surface area contributed by atoms with Crippen LogP contribution in [0.4, 0.5) is 11.4 Å². The van der Waals surface area contributed by atoms with E-state index in [-0.39, 0.29) is 12.3 Å². The first-order valence-electron chi connectivity index (χ1n) is 5.41. The standard InChI is InChI=1S/C11H12N2O5/c14-11(15)10-7-18-5-4-12(10)8-2-1-3-9(6-8)13(16)17/h1-3,6,10H,4-5,7H2,(H,14,15). The van der Waals surface area contributed by atoms with E-state index in [1.165, 1.54) is 12.1 Å². The van der Waals surface area contributed by atoms with Gasteiger partial charge in [-0.2, -0.15) is 0 Å². The number of anilines is 1. The third kappa shape index (κ3) is 2.40. The van der Waals surface area contributed by atoms with E-state index in [4.69, 9.17) is 9.84 Å². The number of benzene rings is 1. The molecule has 18 heavy (non-hydrogen) atoms. The zero-order valence-electron chi connectivity index (χ0n) is 9.48. The van der Waals surface area contributed by atoms with Gasteiger partial charge in [-0.1, -0.05) is 6.07 Å². The number of nitrogens with zero attached hydrogens (tertiary/aromatic N) is 2. The van der Waals surface area contributed by atoms with E-state index in [9.17, 15) is 14.9 Å². The Hall–Kier alpha value is -2.15. The smallest absolute Gasteiger partial charge is 0.328 e. The van der Waals surface area contributed by atoms with Crippen molar-refractivity contribution in [3.8, 4) is 0 Å². The number of nitro benzene ring substituents is 1. The van der Waals surface area contributed by atoms with Gasteiger partial charge in [0.15, 0.2) is 6.04 Å². The molecule has 1 aromatic rings. The molecule has 0 spiro atoms. The molecule has 1 aliphatic rings. The van der Waals surface area contributed by atoms with E-state index >= 15 is 0 Å². The van der Waals surface area contributed by atoms with Gasteiger partial charge in [0.1, 0.15) is 0 Å². The molecule has 7 heteroatoms. The molecule has 7 nitrogen and oxygen atoms in total. The fraction of sp³-hybridized carbons (Fsp3) is 0.364. The molecule has 0 amide bonds. The predicted octanol–water partition coefficient (Wildman–Crippen LogP) is 0.885. The van der Waals surface area contributed by atoms with Gasteiger partial charge < -0.3 is 14.7 Å². The summed E-state index contributed by atoms with van der Waals surface area (Å²) in [5.74, 6) is -0.999. The average Bonchev–Trinajstić information content (AvgIpc) is 2.39. The molecule has 0 radical (unpaired) electrons. The Balaban J connectivity index is 2.30. The SMILES string of the molecule is O=C(O)C1COCCN1c1cccc([N+](=O)[O-])c1. The maximum absolute atomic E-state index is 11.1. The number of morpholine rings is 1. The van der Waals surface area contributed by atoms with Crippen molar-refractivity contribution in [2.24, 2.45) is 0 Å². The van der Waals surface area contributed by atoms with Gasteiger partial charge in [0.25, 0.3) is 5.69 Å². The van der Waals surface area contributed by atoms with Crippen LogP contribution in [-0.2, 0) is 9.53 Å². The summed E-state index contributed by atoms with van der Waals surface area (Å²) in [4.78, 5) is 22.9. The molecule has 0 bridgehead atoms. The summed E-state index contributed by atoms with van der Waals surface area (Å²) < 4.78 is 5.12. The second-order valence-electron chi connectivity index (χ2n) is 3.90. The number of carboxylic acid groups (broad SMARTS) is 1. The third-order valence-electron chi connectivity index (χ3n) is 2.79. The average molecular weight is 252 g/mol. The van der Waals surface area contributed by atoms with Crippen LogP contribution in [0.3, 0.4) is 0 Å². The van der Waals surface area contributed by atoms with Crippen LogP contribution >= 0.6 is 0 Å². The van der Waals surface area contributed by atoms with Crippen molar-refractivity contribution in [2.75, 3.05) is 24.7 Å². The number of ether oxygens (including phenoxy) is 1. The maximum Gasteiger partial charge on any atom is 0.328 e. The Morgan fingerprint density at radius 3 is 3.00 bits per heavy atom. The van der Waals surface area contributed by atoms with Crippen LogP contribution in [0.15, 0.2) is 24.3 Å². The van der Waals surface area contributed by atoms with Crippen molar-refractivity contribution in [3.63, 3.8) is 0 Å². The highest BCUT2D eigenvalue weighted by atomic mass is 16.6. The quantitative estimate of drug-likeness (QED) is 0.634. The Labute approximate surface area is 103 Å². The van der Waals surface area contributed by atoms with Gasteiger partial charge in [-0.15, -0.1) is 0 Å². The highest BCUT2D eigenvalue weighted by molar-refractivity contribution is 5.79. The lowest BCUT2D eigenvalue weighted by Gasteiger charge is -2.34. The Morgan fingerprint density at radius 2 is 2.33 bits per heavy atom. The minimum Gasteiger partial charge on any atom is -0.480 e. The van der Waals surface area contributed by atoms with E-state index in [0.29, 0.717) is 18.8 Å². The summed E-state index contributed by atoms with van der Waals surface area (Å²) in [5, 5.41) is 19.8. The monoisotopic (exact) mass is 252 g/mol. The number of rotatable bonds is 3. The third-order valence-corrected chi connectivity index (χ3v) is 2.79. The number of carbonyl (C=O) groups is 1. The normalized spacial score (nSPS) is 19.6. The predicted molar refractivity (Wildman–Crippen MR) is 62.7 cm³/mol. The van der Waals surface area contributed by atoms with E-state index in [1.54, 1.807) is 17.0 Å². The van der Waals surface area contributed by atoms with E-state index in [0.717, 1.165) is 0 Å². The highest BCUT2D eigenvalue weighted by Gasteiger charge is 2.29. The minimum atomic E-state index is -0.999. The molecule has 0 aromatic heterocycles. The maximum atomic E-state index is 11.1. The fourth-order valence-electron chi connectivity index (χ4n) is 1.90. The first-order chi connectivity index (χ1) is 8.59. The molecule has 2 rings (SSSR count).